The lowest BCUT2D eigenvalue weighted by atomic mass is 10.2. The summed E-state index contributed by atoms with van der Waals surface area (Å²) in [4.78, 5) is 24.6. The average molecular weight is 465 g/mol. The van der Waals surface area contributed by atoms with Gasteiger partial charge in [-0.3, -0.25) is 9.69 Å². The van der Waals surface area contributed by atoms with Crippen LogP contribution in [0.15, 0.2) is 17.0 Å². The van der Waals surface area contributed by atoms with E-state index >= 15 is 0 Å². The number of carboxylic acid groups (broad SMARTS) is 1. The molecule has 1 amide bonds. The van der Waals surface area contributed by atoms with E-state index in [1.165, 1.54) is 23.8 Å². The van der Waals surface area contributed by atoms with E-state index in [1.54, 1.807) is 25.3 Å². The Kier molecular flexibility index (Phi) is 5.87. The minimum absolute atomic E-state index is 0.153. The number of aliphatic carboxylic acids is 1. The van der Waals surface area contributed by atoms with Crippen molar-refractivity contribution in [2.75, 3.05) is 20.8 Å². The number of amides is 1. The Bertz CT molecular complexity index is 719. The molecule has 1 N–H and O–H groups in total. The molecule has 0 aromatic heterocycles. The molecular formula is C14H12INO5S2. The highest BCUT2D eigenvalue weighted by molar-refractivity contribution is 14.1. The van der Waals surface area contributed by atoms with Crippen molar-refractivity contribution >= 4 is 68.8 Å². The molecule has 0 bridgehead atoms. The van der Waals surface area contributed by atoms with Crippen LogP contribution in [0, 0.1) is 3.57 Å². The number of hydrogen-bond donors (Lipinski definition) is 1. The Labute approximate surface area is 156 Å². The van der Waals surface area contributed by atoms with E-state index in [-0.39, 0.29) is 5.91 Å². The summed E-state index contributed by atoms with van der Waals surface area (Å²) in [7, 11) is 3.10. The summed E-state index contributed by atoms with van der Waals surface area (Å²) in [5.41, 5.74) is 0.739. The number of thioether (sulfide) groups is 1. The first-order valence-electron chi connectivity index (χ1n) is 6.27. The second-order valence-electron chi connectivity index (χ2n) is 4.46. The third kappa shape index (κ3) is 4.15. The van der Waals surface area contributed by atoms with Gasteiger partial charge in [-0.25, -0.2) is 4.79 Å². The van der Waals surface area contributed by atoms with Gasteiger partial charge in [0.25, 0.3) is 5.91 Å². The topological polar surface area (TPSA) is 76.1 Å². The summed E-state index contributed by atoms with van der Waals surface area (Å²) in [5, 5.41) is 8.72. The zero-order valence-corrected chi connectivity index (χ0v) is 16.0. The van der Waals surface area contributed by atoms with Gasteiger partial charge in [-0.1, -0.05) is 24.0 Å². The molecule has 0 aliphatic carbocycles. The summed E-state index contributed by atoms with van der Waals surface area (Å²) in [5.74, 6) is -0.467. The summed E-state index contributed by atoms with van der Waals surface area (Å²) < 4.78 is 11.7. The number of thiocarbonyl (C=S) groups is 1. The van der Waals surface area contributed by atoms with Crippen molar-refractivity contribution in [3.8, 4) is 11.5 Å². The Morgan fingerprint density at radius 3 is 2.74 bits per heavy atom. The second-order valence-corrected chi connectivity index (χ2v) is 7.30. The highest BCUT2D eigenvalue weighted by Crippen LogP contribution is 2.37. The third-order valence-corrected chi connectivity index (χ3v) is 5.16. The number of carboxylic acids is 1. The largest absolute Gasteiger partial charge is 0.493 e. The van der Waals surface area contributed by atoms with E-state index in [4.69, 9.17) is 26.8 Å². The number of benzene rings is 1. The van der Waals surface area contributed by atoms with Gasteiger partial charge in [-0.2, -0.15) is 0 Å². The van der Waals surface area contributed by atoms with Crippen LogP contribution in [-0.4, -0.2) is 47.0 Å². The Morgan fingerprint density at radius 2 is 2.22 bits per heavy atom. The van der Waals surface area contributed by atoms with Crippen LogP contribution in [0.4, 0.5) is 0 Å². The molecule has 9 heteroatoms. The summed E-state index contributed by atoms with van der Waals surface area (Å²) in [6.45, 7) is -0.458. The fourth-order valence-corrected chi connectivity index (χ4v) is 3.75. The van der Waals surface area contributed by atoms with Crippen molar-refractivity contribution in [2.24, 2.45) is 0 Å². The van der Waals surface area contributed by atoms with E-state index < -0.39 is 12.6 Å². The normalized spacial score (nSPS) is 16.1. The van der Waals surface area contributed by atoms with E-state index in [9.17, 15) is 9.59 Å². The van der Waals surface area contributed by atoms with Crippen LogP contribution < -0.4 is 9.47 Å². The first-order valence-corrected chi connectivity index (χ1v) is 8.57. The van der Waals surface area contributed by atoms with Crippen LogP contribution in [0.5, 0.6) is 11.5 Å². The number of carbonyl (C=O) groups excluding carboxylic acids is 1. The molecule has 1 aromatic carbocycles. The van der Waals surface area contributed by atoms with Crippen molar-refractivity contribution in [3.63, 3.8) is 0 Å². The second kappa shape index (κ2) is 7.49. The first-order chi connectivity index (χ1) is 10.8. The standard InChI is InChI=1S/C14H12INO5S2/c1-16-13(19)10(23-14(16)22)5-7-3-8(15)12(9(4-7)20-2)21-6-11(17)18/h3-5H,6H2,1-2H3,(H,17,18). The number of rotatable bonds is 5. The molecule has 0 unspecified atom stereocenters. The van der Waals surface area contributed by atoms with Gasteiger partial charge < -0.3 is 14.6 Å². The van der Waals surface area contributed by atoms with Crippen molar-refractivity contribution in [1.29, 1.82) is 0 Å². The van der Waals surface area contributed by atoms with Gasteiger partial charge in [0.2, 0.25) is 0 Å². The van der Waals surface area contributed by atoms with E-state index in [2.05, 4.69) is 0 Å². The van der Waals surface area contributed by atoms with Crippen LogP contribution in [-0.2, 0) is 9.59 Å². The minimum atomic E-state index is -1.07. The number of nitrogens with zero attached hydrogens (tertiary/aromatic N) is 1. The predicted molar refractivity (Wildman–Crippen MR) is 99.8 cm³/mol. The fourth-order valence-electron chi connectivity index (χ4n) is 1.79. The number of carbonyl (C=O) groups is 2. The van der Waals surface area contributed by atoms with E-state index in [0.717, 1.165) is 5.56 Å². The van der Waals surface area contributed by atoms with Crippen molar-refractivity contribution < 1.29 is 24.2 Å². The first kappa shape index (κ1) is 18.0. The molecule has 6 nitrogen and oxygen atoms in total. The number of ether oxygens (including phenoxy) is 2. The van der Waals surface area contributed by atoms with Gasteiger partial charge in [-0.05, 0) is 46.4 Å². The Hall–Kier alpha value is -1.33. The SMILES string of the molecule is COc1cc(C=C2SC(=S)N(C)C2=O)cc(I)c1OCC(=O)O. The quantitative estimate of drug-likeness (QED) is 0.407. The van der Waals surface area contributed by atoms with Crippen LogP contribution in [0.2, 0.25) is 0 Å². The molecule has 1 aliphatic heterocycles. The van der Waals surface area contributed by atoms with Crippen LogP contribution >= 0.6 is 46.6 Å². The molecule has 0 radical (unpaired) electrons. The maximum absolute atomic E-state index is 12.0. The molecule has 122 valence electrons. The lowest BCUT2D eigenvalue weighted by molar-refractivity contribution is -0.139. The lowest BCUT2D eigenvalue weighted by Crippen LogP contribution is -2.22. The highest BCUT2D eigenvalue weighted by Gasteiger charge is 2.28. The Balaban J connectivity index is 2.35. The van der Waals surface area contributed by atoms with Gasteiger partial charge in [0.15, 0.2) is 18.1 Å². The summed E-state index contributed by atoms with van der Waals surface area (Å²) in [6.07, 6.45) is 1.72. The fraction of sp³-hybridized carbons (Fsp3) is 0.214. The molecule has 1 aliphatic rings. The number of likely N-dealkylation sites (N-methyl/N-ethyl adjacent to an activating group) is 1. The molecule has 0 atom stereocenters. The zero-order chi connectivity index (χ0) is 17.1. The summed E-state index contributed by atoms with van der Waals surface area (Å²) >= 11 is 8.35. The van der Waals surface area contributed by atoms with Crippen molar-refractivity contribution in [3.05, 3.63) is 26.2 Å². The molecule has 1 saturated heterocycles. The molecule has 1 fully saturated rings. The van der Waals surface area contributed by atoms with E-state index in [1.807, 2.05) is 22.6 Å². The van der Waals surface area contributed by atoms with Crippen molar-refractivity contribution in [1.82, 2.24) is 4.90 Å². The van der Waals surface area contributed by atoms with Crippen LogP contribution in [0.3, 0.4) is 0 Å². The minimum Gasteiger partial charge on any atom is -0.493 e. The maximum Gasteiger partial charge on any atom is 0.341 e. The van der Waals surface area contributed by atoms with Gasteiger partial charge in [-0.15, -0.1) is 0 Å². The molecule has 23 heavy (non-hydrogen) atoms. The number of hydrogen-bond acceptors (Lipinski definition) is 6. The van der Waals surface area contributed by atoms with Gasteiger partial charge in [0.1, 0.15) is 4.32 Å². The highest BCUT2D eigenvalue weighted by atomic mass is 127. The molecule has 2 rings (SSSR count). The molecular weight excluding hydrogens is 453 g/mol. The molecule has 0 saturated carbocycles. The zero-order valence-electron chi connectivity index (χ0n) is 12.2. The maximum atomic E-state index is 12.0. The van der Waals surface area contributed by atoms with Gasteiger partial charge in [0, 0.05) is 7.05 Å². The average Bonchev–Trinajstić information content (AvgIpc) is 2.72. The molecule has 1 aromatic rings. The monoisotopic (exact) mass is 465 g/mol. The molecule has 0 spiro atoms. The molecule has 1 heterocycles. The summed E-state index contributed by atoms with van der Waals surface area (Å²) in [6, 6.07) is 3.46. The van der Waals surface area contributed by atoms with Gasteiger partial charge >= 0.3 is 5.97 Å². The number of methoxy groups -OCH3 is 1. The van der Waals surface area contributed by atoms with Gasteiger partial charge in [0.05, 0.1) is 15.6 Å². The third-order valence-electron chi connectivity index (χ3n) is 2.88. The van der Waals surface area contributed by atoms with Crippen LogP contribution in [0.25, 0.3) is 6.08 Å². The predicted octanol–water partition coefficient (Wildman–Crippen LogP) is 2.59. The van der Waals surface area contributed by atoms with E-state index in [0.29, 0.717) is 24.3 Å². The smallest absolute Gasteiger partial charge is 0.341 e. The van der Waals surface area contributed by atoms with Crippen molar-refractivity contribution in [2.45, 2.75) is 0 Å². The lowest BCUT2D eigenvalue weighted by Gasteiger charge is -2.12. The Morgan fingerprint density at radius 1 is 1.52 bits per heavy atom. The van der Waals surface area contributed by atoms with Crippen LogP contribution in [0.1, 0.15) is 5.56 Å². The number of halogens is 1.